The Hall–Kier alpha value is -3.45. The van der Waals surface area contributed by atoms with Gasteiger partial charge in [-0.2, -0.15) is 0 Å². The van der Waals surface area contributed by atoms with Crippen LogP contribution in [0, 0.1) is 0 Å². The van der Waals surface area contributed by atoms with E-state index >= 15 is 0 Å². The molecule has 7 nitrogen and oxygen atoms in total. The van der Waals surface area contributed by atoms with Crippen molar-refractivity contribution in [1.29, 1.82) is 0 Å². The lowest BCUT2D eigenvalue weighted by molar-refractivity contribution is 0.589. The molecule has 0 unspecified atom stereocenters. The molecule has 0 bridgehead atoms. The maximum atomic E-state index is 4.82. The standard InChI is InChI=1S/C24H27N7/c1-2-12-31-17-21(20-6-8-26-16-23(20)31)22-7-9-27-24(29-22)28-18-4-3-5-19(15-18)30-13-10-25-11-14-30/h3-9,15-17,25H,2,10-14H2,1H3,(H,27,28,29). The van der Waals surface area contributed by atoms with E-state index in [1.54, 1.807) is 0 Å². The Kier molecular flexibility index (Phi) is 5.50. The van der Waals surface area contributed by atoms with Gasteiger partial charge in [0.25, 0.3) is 0 Å². The molecule has 1 aliphatic rings. The summed E-state index contributed by atoms with van der Waals surface area (Å²) in [7, 11) is 0. The fourth-order valence-electron chi connectivity index (χ4n) is 4.17. The van der Waals surface area contributed by atoms with Gasteiger partial charge in [-0.25, -0.2) is 9.97 Å². The van der Waals surface area contributed by atoms with Crippen LogP contribution in [0.1, 0.15) is 13.3 Å². The molecule has 0 saturated carbocycles. The zero-order valence-corrected chi connectivity index (χ0v) is 17.8. The van der Waals surface area contributed by atoms with Gasteiger partial charge in [-0.3, -0.25) is 4.98 Å². The number of anilines is 3. The molecular formula is C24H27N7. The Labute approximate surface area is 182 Å². The van der Waals surface area contributed by atoms with E-state index in [2.05, 4.69) is 73.5 Å². The minimum absolute atomic E-state index is 0.598. The number of fused-ring (bicyclic) bond motifs is 1. The summed E-state index contributed by atoms with van der Waals surface area (Å²) in [6.45, 7) is 7.21. The van der Waals surface area contributed by atoms with E-state index < -0.39 is 0 Å². The van der Waals surface area contributed by atoms with Gasteiger partial charge in [0.05, 0.1) is 17.4 Å². The number of aromatic nitrogens is 4. The van der Waals surface area contributed by atoms with Crippen molar-refractivity contribution in [3.05, 3.63) is 61.2 Å². The molecule has 0 spiro atoms. The predicted octanol–water partition coefficient (Wildman–Crippen LogP) is 4.06. The fraction of sp³-hybridized carbons (Fsp3) is 0.292. The maximum absolute atomic E-state index is 4.82. The highest BCUT2D eigenvalue weighted by Crippen LogP contribution is 2.30. The van der Waals surface area contributed by atoms with Crippen LogP contribution in [-0.2, 0) is 6.54 Å². The van der Waals surface area contributed by atoms with Gasteiger partial charge >= 0.3 is 0 Å². The molecule has 1 aromatic carbocycles. The third kappa shape index (κ3) is 4.09. The van der Waals surface area contributed by atoms with Gasteiger partial charge in [0.1, 0.15) is 0 Å². The van der Waals surface area contributed by atoms with Crippen LogP contribution in [0.25, 0.3) is 22.2 Å². The van der Waals surface area contributed by atoms with Crippen molar-refractivity contribution in [2.45, 2.75) is 19.9 Å². The molecule has 4 heterocycles. The zero-order valence-electron chi connectivity index (χ0n) is 17.8. The summed E-state index contributed by atoms with van der Waals surface area (Å²) in [5, 5.41) is 7.95. The quantitative estimate of drug-likeness (QED) is 0.497. The predicted molar refractivity (Wildman–Crippen MR) is 126 cm³/mol. The summed E-state index contributed by atoms with van der Waals surface area (Å²) >= 11 is 0. The summed E-state index contributed by atoms with van der Waals surface area (Å²) < 4.78 is 2.25. The van der Waals surface area contributed by atoms with E-state index in [0.717, 1.165) is 67.0 Å². The molecule has 7 heteroatoms. The Morgan fingerprint density at radius 3 is 2.87 bits per heavy atom. The third-order valence-corrected chi connectivity index (χ3v) is 5.67. The Bertz CT molecular complexity index is 1180. The first kappa shape index (κ1) is 19.5. The molecule has 3 aromatic heterocycles. The van der Waals surface area contributed by atoms with E-state index in [1.807, 2.05) is 24.7 Å². The molecular weight excluding hydrogens is 386 g/mol. The van der Waals surface area contributed by atoms with Crippen molar-refractivity contribution in [3.63, 3.8) is 0 Å². The highest BCUT2D eigenvalue weighted by molar-refractivity contribution is 5.94. The molecule has 5 rings (SSSR count). The van der Waals surface area contributed by atoms with Crippen LogP contribution in [0.3, 0.4) is 0 Å². The smallest absolute Gasteiger partial charge is 0.227 e. The van der Waals surface area contributed by atoms with Gasteiger partial charge in [0.15, 0.2) is 0 Å². The van der Waals surface area contributed by atoms with Crippen LogP contribution in [0.2, 0.25) is 0 Å². The minimum atomic E-state index is 0.598. The molecule has 0 aliphatic carbocycles. The number of aryl methyl sites for hydroxylation is 1. The lowest BCUT2D eigenvalue weighted by Crippen LogP contribution is -2.43. The van der Waals surface area contributed by atoms with Gasteiger partial charge in [0.2, 0.25) is 5.95 Å². The Morgan fingerprint density at radius 2 is 2.00 bits per heavy atom. The zero-order chi connectivity index (χ0) is 21.0. The average molecular weight is 414 g/mol. The van der Waals surface area contributed by atoms with Gasteiger partial charge in [-0.15, -0.1) is 0 Å². The van der Waals surface area contributed by atoms with E-state index in [9.17, 15) is 0 Å². The average Bonchev–Trinajstić information content (AvgIpc) is 3.19. The molecule has 0 atom stereocenters. The lowest BCUT2D eigenvalue weighted by atomic mass is 10.1. The largest absolute Gasteiger partial charge is 0.369 e. The number of nitrogens with one attached hydrogen (secondary N) is 2. The second kappa shape index (κ2) is 8.73. The van der Waals surface area contributed by atoms with Gasteiger partial charge in [0, 0.05) is 73.6 Å². The number of piperazine rings is 1. The highest BCUT2D eigenvalue weighted by atomic mass is 15.2. The van der Waals surface area contributed by atoms with Crippen LogP contribution < -0.4 is 15.5 Å². The third-order valence-electron chi connectivity index (χ3n) is 5.67. The first-order valence-corrected chi connectivity index (χ1v) is 10.9. The highest BCUT2D eigenvalue weighted by Gasteiger charge is 2.13. The van der Waals surface area contributed by atoms with E-state index in [-0.39, 0.29) is 0 Å². The summed E-state index contributed by atoms with van der Waals surface area (Å²) in [6.07, 6.45) is 8.82. The number of rotatable bonds is 6. The molecule has 1 aliphatic heterocycles. The van der Waals surface area contributed by atoms with Crippen molar-refractivity contribution in [2.75, 3.05) is 36.4 Å². The van der Waals surface area contributed by atoms with Gasteiger partial charge in [-0.1, -0.05) is 13.0 Å². The van der Waals surface area contributed by atoms with Crippen LogP contribution in [0.5, 0.6) is 0 Å². The van der Waals surface area contributed by atoms with E-state index in [0.29, 0.717) is 5.95 Å². The number of pyridine rings is 1. The van der Waals surface area contributed by atoms with Crippen LogP contribution in [-0.4, -0.2) is 45.7 Å². The normalized spacial score (nSPS) is 14.2. The molecule has 1 saturated heterocycles. The van der Waals surface area contributed by atoms with Crippen molar-refractivity contribution < 1.29 is 0 Å². The van der Waals surface area contributed by atoms with Crippen molar-refractivity contribution in [2.24, 2.45) is 0 Å². The van der Waals surface area contributed by atoms with Crippen LogP contribution in [0.4, 0.5) is 17.3 Å². The number of benzene rings is 1. The maximum Gasteiger partial charge on any atom is 0.227 e. The molecule has 1 fully saturated rings. The molecule has 2 N–H and O–H groups in total. The molecule has 158 valence electrons. The van der Waals surface area contributed by atoms with Crippen molar-refractivity contribution in [1.82, 2.24) is 24.8 Å². The number of hydrogen-bond acceptors (Lipinski definition) is 6. The SMILES string of the molecule is CCCn1cc(-c2ccnc(Nc3cccc(N4CCNCC4)c3)n2)c2ccncc21. The molecule has 0 radical (unpaired) electrons. The molecule has 4 aromatic rings. The first-order chi connectivity index (χ1) is 15.3. The van der Waals surface area contributed by atoms with E-state index in [4.69, 9.17) is 4.98 Å². The van der Waals surface area contributed by atoms with E-state index in [1.165, 1.54) is 5.69 Å². The van der Waals surface area contributed by atoms with Gasteiger partial charge < -0.3 is 20.1 Å². The summed E-state index contributed by atoms with van der Waals surface area (Å²) in [4.78, 5) is 16.0. The number of hydrogen-bond donors (Lipinski definition) is 2. The second-order valence-electron chi connectivity index (χ2n) is 7.81. The van der Waals surface area contributed by atoms with Gasteiger partial charge in [-0.05, 0) is 36.8 Å². The summed E-state index contributed by atoms with van der Waals surface area (Å²) in [5.41, 5.74) is 5.35. The Balaban J connectivity index is 1.43. The monoisotopic (exact) mass is 413 g/mol. The fourth-order valence-corrected chi connectivity index (χ4v) is 4.17. The second-order valence-corrected chi connectivity index (χ2v) is 7.81. The minimum Gasteiger partial charge on any atom is -0.369 e. The van der Waals surface area contributed by atoms with Crippen molar-refractivity contribution >= 4 is 28.2 Å². The first-order valence-electron chi connectivity index (χ1n) is 10.9. The van der Waals surface area contributed by atoms with Crippen LogP contribution >= 0.6 is 0 Å². The van der Waals surface area contributed by atoms with Crippen molar-refractivity contribution in [3.8, 4) is 11.3 Å². The lowest BCUT2D eigenvalue weighted by Gasteiger charge is -2.29. The molecule has 0 amide bonds. The van der Waals surface area contributed by atoms with Crippen LogP contribution in [0.15, 0.2) is 61.2 Å². The topological polar surface area (TPSA) is 70.9 Å². The molecule has 31 heavy (non-hydrogen) atoms. The summed E-state index contributed by atoms with van der Waals surface area (Å²) in [5.74, 6) is 0.598. The summed E-state index contributed by atoms with van der Waals surface area (Å²) in [6, 6.07) is 12.5. The Morgan fingerprint density at radius 1 is 1.10 bits per heavy atom. The number of nitrogens with zero attached hydrogens (tertiary/aromatic N) is 5.